The Balaban J connectivity index is 1.40. The molecule has 0 aliphatic carbocycles. The van der Waals surface area contributed by atoms with Crippen molar-refractivity contribution in [2.75, 3.05) is 9.80 Å². The Hall–Kier alpha value is -5.06. The van der Waals surface area contributed by atoms with Crippen molar-refractivity contribution < 1.29 is 0 Å². The molecule has 3 heterocycles. The molecule has 2 aliphatic rings. The second-order valence-electron chi connectivity index (χ2n) is 21.3. The summed E-state index contributed by atoms with van der Waals surface area (Å²) < 4.78 is 1.32. The molecule has 0 atom stereocenters. The zero-order valence-corrected chi connectivity index (χ0v) is 38.2. The fraction of sp³-hybridized carbons (Fsp3) is 0.309. The Labute approximate surface area is 358 Å². The van der Waals surface area contributed by atoms with E-state index in [-0.39, 0.29) is 28.4 Å². The van der Waals surface area contributed by atoms with E-state index >= 15 is 0 Å². The molecule has 4 heteroatoms. The van der Waals surface area contributed by atoms with Crippen LogP contribution < -0.4 is 26.2 Å². The molecule has 298 valence electrons. The van der Waals surface area contributed by atoms with E-state index in [4.69, 9.17) is 0 Å². The lowest BCUT2D eigenvalue weighted by Crippen LogP contribution is -2.61. The van der Waals surface area contributed by atoms with Gasteiger partial charge in [-0.15, -0.1) is 11.3 Å². The Kier molecular flexibility index (Phi) is 9.00. The van der Waals surface area contributed by atoms with Gasteiger partial charge in [-0.2, -0.15) is 0 Å². The van der Waals surface area contributed by atoms with Gasteiger partial charge in [0.1, 0.15) is 0 Å². The molecule has 59 heavy (non-hydrogen) atoms. The van der Waals surface area contributed by atoms with Crippen molar-refractivity contribution >= 4 is 78.6 Å². The first kappa shape index (κ1) is 39.4. The Morgan fingerprint density at radius 2 is 0.915 bits per heavy atom. The van der Waals surface area contributed by atoms with E-state index in [1.54, 1.807) is 0 Å². The third kappa shape index (κ3) is 6.63. The summed E-state index contributed by atoms with van der Waals surface area (Å²) in [5, 5.41) is 3.69. The van der Waals surface area contributed by atoms with Crippen LogP contribution in [-0.2, 0) is 21.7 Å². The first-order valence-electron chi connectivity index (χ1n) is 21.5. The van der Waals surface area contributed by atoms with Gasteiger partial charge in [0.05, 0.1) is 5.69 Å². The summed E-state index contributed by atoms with van der Waals surface area (Å²) in [6, 6.07) is 45.1. The monoisotopic (exact) mass is 790 g/mol. The molecule has 1 aromatic heterocycles. The SMILES string of the molecule is Cc1cc2c3c(c1)N(c1ccc(C(C)(C)C)cc1-c1csc4ccccc14)c1ccc(C(C)(C)C)cc1B3c1cc(C(C)(C)C)ccc1N2c1ccc(C(C)(C)C)cc1. The molecule has 7 aromatic rings. The molecule has 0 saturated heterocycles. The molecule has 0 spiro atoms. The standard InChI is InChI=1S/C55H59BN2S/c1-34-28-48-51-49(29-34)58(45-25-20-36(53(5,6)7)30-41(45)42-33-59-50-17-15-14-16-40(42)50)47-27-22-38(55(11,12)13)32-44(47)56(51)43-31-37(54(8,9)10)21-26-46(43)57(48)39-23-18-35(19-24-39)52(2,3)4/h14-33H,1-13H3. The number of rotatable bonds is 3. The summed E-state index contributed by atoms with van der Waals surface area (Å²) >= 11 is 1.84. The van der Waals surface area contributed by atoms with Gasteiger partial charge in [0.2, 0.25) is 0 Å². The summed E-state index contributed by atoms with van der Waals surface area (Å²) in [4.78, 5) is 5.18. The molecular weight excluding hydrogens is 731 g/mol. The molecule has 0 unspecified atom stereocenters. The number of fused-ring (bicyclic) bond motifs is 5. The van der Waals surface area contributed by atoms with Crippen LogP contribution in [0.4, 0.5) is 34.1 Å². The summed E-state index contributed by atoms with van der Waals surface area (Å²) in [5.74, 6) is 0. The van der Waals surface area contributed by atoms with Crippen LogP contribution in [0.1, 0.15) is 111 Å². The number of hydrogen-bond donors (Lipinski definition) is 0. The van der Waals surface area contributed by atoms with E-state index in [0.29, 0.717) is 0 Å². The van der Waals surface area contributed by atoms with Crippen LogP contribution in [0.2, 0.25) is 0 Å². The molecule has 0 amide bonds. The van der Waals surface area contributed by atoms with E-state index in [1.807, 2.05) is 11.3 Å². The highest BCUT2D eigenvalue weighted by Crippen LogP contribution is 2.50. The van der Waals surface area contributed by atoms with Crippen LogP contribution in [0.5, 0.6) is 0 Å². The number of anilines is 6. The van der Waals surface area contributed by atoms with Crippen molar-refractivity contribution in [1.82, 2.24) is 0 Å². The van der Waals surface area contributed by atoms with Gasteiger partial charge in [0, 0.05) is 49.6 Å². The van der Waals surface area contributed by atoms with Crippen LogP contribution in [0, 0.1) is 6.92 Å². The minimum Gasteiger partial charge on any atom is -0.311 e. The van der Waals surface area contributed by atoms with Crippen LogP contribution >= 0.6 is 11.3 Å². The van der Waals surface area contributed by atoms with E-state index in [1.165, 1.54) is 99.5 Å². The van der Waals surface area contributed by atoms with Crippen LogP contribution in [-0.4, -0.2) is 6.71 Å². The van der Waals surface area contributed by atoms with Crippen molar-refractivity contribution in [3.05, 3.63) is 148 Å². The maximum Gasteiger partial charge on any atom is 0.252 e. The van der Waals surface area contributed by atoms with E-state index in [9.17, 15) is 0 Å². The first-order valence-corrected chi connectivity index (χ1v) is 22.3. The minimum absolute atomic E-state index is 0.00555. The third-order valence-corrected chi connectivity index (χ3v) is 13.8. The highest BCUT2D eigenvalue weighted by Gasteiger charge is 2.45. The summed E-state index contributed by atoms with van der Waals surface area (Å²) in [6.07, 6.45) is 0. The van der Waals surface area contributed by atoms with Crippen molar-refractivity contribution in [3.63, 3.8) is 0 Å². The first-order chi connectivity index (χ1) is 27.7. The highest BCUT2D eigenvalue weighted by atomic mass is 32.1. The fourth-order valence-electron chi connectivity index (χ4n) is 9.32. The molecule has 0 bridgehead atoms. The summed E-state index contributed by atoms with van der Waals surface area (Å²) in [5.41, 5.74) is 20.8. The molecule has 0 saturated carbocycles. The van der Waals surface area contributed by atoms with Gasteiger partial charge in [-0.25, -0.2) is 0 Å². The molecule has 0 radical (unpaired) electrons. The summed E-state index contributed by atoms with van der Waals surface area (Å²) in [6.45, 7) is 30.3. The van der Waals surface area contributed by atoms with Crippen LogP contribution in [0.25, 0.3) is 21.2 Å². The number of thiophene rings is 1. The smallest absolute Gasteiger partial charge is 0.252 e. The Morgan fingerprint density at radius 3 is 1.47 bits per heavy atom. The quantitative estimate of drug-likeness (QED) is 0.165. The molecule has 6 aromatic carbocycles. The zero-order chi connectivity index (χ0) is 42.0. The predicted molar refractivity (Wildman–Crippen MR) is 261 cm³/mol. The normalized spacial score (nSPS) is 14.1. The molecule has 0 N–H and O–H groups in total. The average Bonchev–Trinajstić information content (AvgIpc) is 3.60. The predicted octanol–water partition coefficient (Wildman–Crippen LogP) is 14.1. The lowest BCUT2D eigenvalue weighted by Gasteiger charge is -2.45. The van der Waals surface area contributed by atoms with Gasteiger partial charge in [0.25, 0.3) is 6.71 Å². The number of benzene rings is 6. The zero-order valence-electron chi connectivity index (χ0n) is 37.4. The highest BCUT2D eigenvalue weighted by molar-refractivity contribution is 7.17. The van der Waals surface area contributed by atoms with Crippen molar-refractivity contribution in [2.24, 2.45) is 0 Å². The molecule has 9 rings (SSSR count). The fourth-order valence-corrected chi connectivity index (χ4v) is 10.3. The van der Waals surface area contributed by atoms with E-state index < -0.39 is 0 Å². The maximum absolute atomic E-state index is 2.62. The Bertz CT molecular complexity index is 2780. The third-order valence-electron chi connectivity index (χ3n) is 12.8. The van der Waals surface area contributed by atoms with Gasteiger partial charge in [-0.1, -0.05) is 144 Å². The number of aryl methyl sites for hydroxylation is 1. The maximum atomic E-state index is 2.62. The van der Waals surface area contributed by atoms with Gasteiger partial charge in [-0.3, -0.25) is 0 Å². The molecule has 2 nitrogen and oxygen atoms in total. The number of hydrogen-bond acceptors (Lipinski definition) is 3. The average molecular weight is 791 g/mol. The van der Waals surface area contributed by atoms with Crippen molar-refractivity contribution in [3.8, 4) is 11.1 Å². The van der Waals surface area contributed by atoms with E-state index in [2.05, 4.69) is 220 Å². The molecular formula is C55H59BN2S. The lowest BCUT2D eigenvalue weighted by atomic mass is 9.33. The topological polar surface area (TPSA) is 6.48 Å². The van der Waals surface area contributed by atoms with Crippen molar-refractivity contribution in [2.45, 2.75) is 112 Å². The van der Waals surface area contributed by atoms with Crippen LogP contribution in [0.15, 0.2) is 121 Å². The lowest BCUT2D eigenvalue weighted by molar-refractivity contribution is 0.590. The summed E-state index contributed by atoms with van der Waals surface area (Å²) in [7, 11) is 0. The van der Waals surface area contributed by atoms with Crippen LogP contribution in [0.3, 0.4) is 0 Å². The van der Waals surface area contributed by atoms with Gasteiger partial charge in [0.15, 0.2) is 0 Å². The van der Waals surface area contributed by atoms with Crippen molar-refractivity contribution in [1.29, 1.82) is 0 Å². The van der Waals surface area contributed by atoms with E-state index in [0.717, 1.165) is 0 Å². The van der Waals surface area contributed by atoms with Gasteiger partial charge < -0.3 is 9.80 Å². The second-order valence-corrected chi connectivity index (χ2v) is 22.2. The van der Waals surface area contributed by atoms with Gasteiger partial charge >= 0.3 is 0 Å². The minimum atomic E-state index is -0.0169. The number of nitrogens with zero attached hydrogens (tertiary/aromatic N) is 2. The Morgan fingerprint density at radius 1 is 0.441 bits per heavy atom. The largest absolute Gasteiger partial charge is 0.311 e. The molecule has 0 fully saturated rings. The van der Waals surface area contributed by atoms with Gasteiger partial charge in [-0.05, 0) is 133 Å². The molecule has 2 aliphatic heterocycles. The second kappa shape index (κ2) is 13.5.